The molecule has 0 aliphatic heterocycles. The maximum Gasteiger partial charge on any atom is 0.389 e. The molecule has 0 aromatic heterocycles. The summed E-state index contributed by atoms with van der Waals surface area (Å²) in [5.41, 5.74) is 0. The minimum atomic E-state index is -3.99. The molecule has 0 aliphatic rings. The summed E-state index contributed by atoms with van der Waals surface area (Å²) < 4.78 is 35.8. The first-order valence-corrected chi connectivity index (χ1v) is 4.93. The first kappa shape index (κ1) is 12.8. The molecule has 0 aliphatic carbocycles. The molecule has 0 aromatic rings. The molecule has 0 saturated heterocycles. The lowest BCUT2D eigenvalue weighted by Gasteiger charge is -2.20. The molecule has 0 amide bonds. The fourth-order valence-corrected chi connectivity index (χ4v) is 1.53. The van der Waals surface area contributed by atoms with Crippen molar-refractivity contribution in [3.63, 3.8) is 0 Å². The van der Waals surface area contributed by atoms with Crippen molar-refractivity contribution >= 4 is 0 Å². The second-order valence-corrected chi connectivity index (χ2v) is 3.95. The SMILES string of the molecule is CCCC(CCC(F)(F)F)C(C)C. The van der Waals surface area contributed by atoms with Gasteiger partial charge < -0.3 is 0 Å². The molecule has 0 N–H and O–H groups in total. The molecule has 0 spiro atoms. The second kappa shape index (κ2) is 5.51. The molecular formula is C10H19F3. The topological polar surface area (TPSA) is 0 Å². The summed E-state index contributed by atoms with van der Waals surface area (Å²) in [6.07, 6.45) is -2.44. The van der Waals surface area contributed by atoms with Gasteiger partial charge in [-0.25, -0.2) is 0 Å². The zero-order chi connectivity index (χ0) is 10.5. The van der Waals surface area contributed by atoms with E-state index in [1.165, 1.54) is 0 Å². The Kier molecular flexibility index (Phi) is 5.42. The lowest BCUT2D eigenvalue weighted by atomic mass is 9.87. The van der Waals surface area contributed by atoms with Crippen LogP contribution in [0.3, 0.4) is 0 Å². The maximum atomic E-state index is 11.9. The van der Waals surface area contributed by atoms with Gasteiger partial charge in [-0.15, -0.1) is 0 Å². The highest BCUT2D eigenvalue weighted by molar-refractivity contribution is 4.65. The first-order valence-electron chi connectivity index (χ1n) is 4.93. The molecule has 0 heterocycles. The molecule has 0 radical (unpaired) electrons. The molecule has 0 fully saturated rings. The standard InChI is InChI=1S/C10H19F3/c1-4-5-9(8(2)3)6-7-10(11,12)13/h8-9H,4-7H2,1-3H3. The van der Waals surface area contributed by atoms with E-state index in [0.29, 0.717) is 5.92 Å². The van der Waals surface area contributed by atoms with Crippen LogP contribution in [-0.4, -0.2) is 6.18 Å². The maximum absolute atomic E-state index is 11.9. The Morgan fingerprint density at radius 2 is 1.62 bits per heavy atom. The highest BCUT2D eigenvalue weighted by Gasteiger charge is 2.28. The zero-order valence-corrected chi connectivity index (χ0v) is 8.62. The van der Waals surface area contributed by atoms with E-state index < -0.39 is 12.6 Å². The molecular weight excluding hydrogens is 177 g/mol. The highest BCUT2D eigenvalue weighted by atomic mass is 19.4. The van der Waals surface area contributed by atoms with Gasteiger partial charge >= 0.3 is 6.18 Å². The average Bonchev–Trinajstić information content (AvgIpc) is 1.95. The third-order valence-electron chi connectivity index (χ3n) is 2.40. The summed E-state index contributed by atoms with van der Waals surface area (Å²) in [6, 6.07) is 0. The lowest BCUT2D eigenvalue weighted by molar-refractivity contribution is -0.138. The van der Waals surface area contributed by atoms with E-state index in [0.717, 1.165) is 12.8 Å². The van der Waals surface area contributed by atoms with E-state index in [4.69, 9.17) is 0 Å². The zero-order valence-electron chi connectivity index (χ0n) is 8.62. The van der Waals surface area contributed by atoms with Crippen molar-refractivity contribution < 1.29 is 13.2 Å². The minimum Gasteiger partial charge on any atom is -0.171 e. The van der Waals surface area contributed by atoms with Gasteiger partial charge in [0.15, 0.2) is 0 Å². The summed E-state index contributed by atoms with van der Waals surface area (Å²) in [4.78, 5) is 0. The molecule has 80 valence electrons. The van der Waals surface area contributed by atoms with Crippen molar-refractivity contribution in [1.29, 1.82) is 0 Å². The van der Waals surface area contributed by atoms with Crippen molar-refractivity contribution in [3.05, 3.63) is 0 Å². The van der Waals surface area contributed by atoms with E-state index in [1.807, 2.05) is 20.8 Å². The summed E-state index contributed by atoms with van der Waals surface area (Å²) in [5, 5.41) is 0. The quantitative estimate of drug-likeness (QED) is 0.611. The van der Waals surface area contributed by atoms with Crippen molar-refractivity contribution in [2.45, 2.75) is 52.6 Å². The Bertz CT molecular complexity index is 127. The Morgan fingerprint density at radius 3 is 1.92 bits per heavy atom. The smallest absolute Gasteiger partial charge is 0.171 e. The fourth-order valence-electron chi connectivity index (χ4n) is 1.53. The lowest BCUT2D eigenvalue weighted by Crippen LogP contribution is -2.14. The number of alkyl halides is 3. The Balaban J connectivity index is 3.82. The van der Waals surface area contributed by atoms with E-state index in [1.54, 1.807) is 0 Å². The van der Waals surface area contributed by atoms with Gasteiger partial charge in [-0.3, -0.25) is 0 Å². The van der Waals surface area contributed by atoms with Crippen LogP contribution in [0.15, 0.2) is 0 Å². The van der Waals surface area contributed by atoms with Crippen molar-refractivity contribution in [1.82, 2.24) is 0 Å². The monoisotopic (exact) mass is 196 g/mol. The molecule has 0 nitrogen and oxygen atoms in total. The molecule has 0 aromatic carbocycles. The van der Waals surface area contributed by atoms with Crippen LogP contribution in [0.2, 0.25) is 0 Å². The van der Waals surface area contributed by atoms with Crippen LogP contribution in [0.4, 0.5) is 13.2 Å². The predicted octanol–water partition coefficient (Wildman–Crippen LogP) is 4.40. The van der Waals surface area contributed by atoms with Gasteiger partial charge in [0.05, 0.1) is 0 Å². The van der Waals surface area contributed by atoms with Crippen LogP contribution in [0.25, 0.3) is 0 Å². The van der Waals surface area contributed by atoms with Crippen molar-refractivity contribution in [2.24, 2.45) is 11.8 Å². The van der Waals surface area contributed by atoms with E-state index >= 15 is 0 Å². The average molecular weight is 196 g/mol. The van der Waals surface area contributed by atoms with E-state index in [2.05, 4.69) is 0 Å². The third kappa shape index (κ3) is 6.91. The number of hydrogen-bond acceptors (Lipinski definition) is 0. The van der Waals surface area contributed by atoms with Gasteiger partial charge in [-0.05, 0) is 18.3 Å². The normalized spacial score (nSPS) is 15.0. The molecule has 0 saturated carbocycles. The Labute approximate surface area is 78.5 Å². The van der Waals surface area contributed by atoms with Gasteiger partial charge in [0.2, 0.25) is 0 Å². The summed E-state index contributed by atoms with van der Waals surface area (Å²) in [5.74, 6) is 0.592. The van der Waals surface area contributed by atoms with E-state index in [-0.39, 0.29) is 12.3 Å². The minimum absolute atomic E-state index is 0.228. The molecule has 1 unspecified atom stereocenters. The largest absolute Gasteiger partial charge is 0.389 e. The van der Waals surface area contributed by atoms with Gasteiger partial charge in [-0.1, -0.05) is 33.6 Å². The molecule has 0 rings (SSSR count). The van der Waals surface area contributed by atoms with Gasteiger partial charge in [-0.2, -0.15) is 13.2 Å². The van der Waals surface area contributed by atoms with Crippen LogP contribution < -0.4 is 0 Å². The Hall–Kier alpha value is -0.210. The molecule has 13 heavy (non-hydrogen) atoms. The fraction of sp³-hybridized carbons (Fsp3) is 1.00. The first-order chi connectivity index (χ1) is 5.87. The molecule has 0 bridgehead atoms. The van der Waals surface area contributed by atoms with Crippen LogP contribution in [0, 0.1) is 11.8 Å². The number of rotatable bonds is 5. The van der Waals surface area contributed by atoms with Crippen LogP contribution >= 0.6 is 0 Å². The number of halogens is 3. The predicted molar refractivity (Wildman–Crippen MR) is 48.5 cm³/mol. The van der Waals surface area contributed by atoms with E-state index in [9.17, 15) is 13.2 Å². The van der Waals surface area contributed by atoms with Crippen LogP contribution in [0.1, 0.15) is 46.5 Å². The third-order valence-corrected chi connectivity index (χ3v) is 2.40. The van der Waals surface area contributed by atoms with Gasteiger partial charge in [0.25, 0.3) is 0 Å². The summed E-state index contributed by atoms with van der Waals surface area (Å²) in [7, 11) is 0. The van der Waals surface area contributed by atoms with Crippen LogP contribution in [0.5, 0.6) is 0 Å². The van der Waals surface area contributed by atoms with Crippen molar-refractivity contribution in [2.75, 3.05) is 0 Å². The number of hydrogen-bond donors (Lipinski definition) is 0. The van der Waals surface area contributed by atoms with Gasteiger partial charge in [0, 0.05) is 6.42 Å². The highest BCUT2D eigenvalue weighted by Crippen LogP contribution is 2.29. The summed E-state index contributed by atoms with van der Waals surface area (Å²) >= 11 is 0. The summed E-state index contributed by atoms with van der Waals surface area (Å²) in [6.45, 7) is 6.01. The Morgan fingerprint density at radius 1 is 1.08 bits per heavy atom. The van der Waals surface area contributed by atoms with Gasteiger partial charge in [0.1, 0.15) is 0 Å². The molecule has 3 heteroatoms. The van der Waals surface area contributed by atoms with Crippen LogP contribution in [-0.2, 0) is 0 Å². The van der Waals surface area contributed by atoms with Crippen molar-refractivity contribution in [3.8, 4) is 0 Å². The second-order valence-electron chi connectivity index (χ2n) is 3.95. The molecule has 1 atom stereocenters.